The number of aliphatic hydroxyl groups excluding tert-OH is 2. The zero-order valence-electron chi connectivity index (χ0n) is 48.9. The number of amides is 1. The molecule has 6 nitrogen and oxygen atoms in total. The van der Waals surface area contributed by atoms with Crippen molar-refractivity contribution in [1.29, 1.82) is 0 Å². The van der Waals surface area contributed by atoms with Crippen LogP contribution in [0, 0.1) is 0 Å². The molecule has 0 rings (SSSR count). The molecule has 0 aromatic rings. The molecule has 72 heavy (non-hydrogen) atoms. The Balaban J connectivity index is 3.33. The monoisotopic (exact) mass is 1020 g/mol. The van der Waals surface area contributed by atoms with Crippen LogP contribution in [-0.2, 0) is 14.3 Å². The molecule has 428 valence electrons. The molecule has 6 heteroatoms. The molecule has 3 N–H and O–H groups in total. The number of ether oxygens (including phenoxy) is 1. The Hall–Kier alpha value is -1.40. The van der Waals surface area contributed by atoms with Gasteiger partial charge in [0.25, 0.3) is 0 Å². The van der Waals surface area contributed by atoms with Crippen LogP contribution in [0.2, 0.25) is 0 Å². The fraction of sp³-hybridized carbons (Fsp3) is 0.939. The first kappa shape index (κ1) is 70.6. The Labute approximate surface area is 450 Å². The van der Waals surface area contributed by atoms with E-state index in [9.17, 15) is 19.8 Å². The average Bonchev–Trinajstić information content (AvgIpc) is 3.38. The summed E-state index contributed by atoms with van der Waals surface area (Å²) in [5, 5.41) is 23.1. The number of allylic oxidation sites excluding steroid dienone is 1. The molecule has 0 fully saturated rings. The van der Waals surface area contributed by atoms with Crippen molar-refractivity contribution in [3.63, 3.8) is 0 Å². The van der Waals surface area contributed by atoms with Gasteiger partial charge in [-0.2, -0.15) is 0 Å². The molecule has 0 aromatic heterocycles. The van der Waals surface area contributed by atoms with Gasteiger partial charge in [0.15, 0.2) is 0 Å². The standard InChI is InChI=1S/C66H129NO5/c1-3-5-7-9-11-13-15-17-18-19-30-33-36-40-44-48-52-56-60-66(71)72-61-57-53-49-45-41-37-34-31-28-26-24-22-20-21-23-25-27-29-32-35-39-43-47-51-55-59-65(70)67-63(62-68)64(69)58-54-50-46-42-38-16-14-12-10-8-6-4-2/h54,58,63-64,68-69H,3-53,55-57,59-62H2,1-2H3,(H,67,70)/b58-54+. The van der Waals surface area contributed by atoms with Gasteiger partial charge in [-0.1, -0.05) is 341 Å². The number of aliphatic hydroxyl groups is 2. The maximum absolute atomic E-state index is 12.4. The summed E-state index contributed by atoms with van der Waals surface area (Å²) in [6.07, 6.45) is 75.6. The van der Waals surface area contributed by atoms with Crippen LogP contribution < -0.4 is 5.32 Å². The van der Waals surface area contributed by atoms with E-state index in [4.69, 9.17) is 4.74 Å². The van der Waals surface area contributed by atoms with Gasteiger partial charge in [-0.15, -0.1) is 0 Å². The molecule has 0 spiro atoms. The van der Waals surface area contributed by atoms with Crippen molar-refractivity contribution in [2.75, 3.05) is 13.2 Å². The molecule has 2 atom stereocenters. The second-order valence-corrected chi connectivity index (χ2v) is 22.8. The van der Waals surface area contributed by atoms with E-state index in [1.54, 1.807) is 6.08 Å². The highest BCUT2D eigenvalue weighted by molar-refractivity contribution is 5.76. The first-order chi connectivity index (χ1) is 35.5. The number of hydrogen-bond donors (Lipinski definition) is 3. The summed E-state index contributed by atoms with van der Waals surface area (Å²) in [5.74, 6) is -0.0440. The number of unbranched alkanes of at least 4 members (excludes halogenated alkanes) is 51. The average molecular weight is 1020 g/mol. The first-order valence-corrected chi connectivity index (χ1v) is 33.0. The molecular weight excluding hydrogens is 887 g/mol. The number of carbonyl (C=O) groups excluding carboxylic acids is 2. The van der Waals surface area contributed by atoms with Crippen LogP contribution in [-0.4, -0.2) is 47.4 Å². The van der Waals surface area contributed by atoms with Crippen molar-refractivity contribution in [1.82, 2.24) is 5.32 Å². The summed E-state index contributed by atoms with van der Waals surface area (Å²) >= 11 is 0. The summed E-state index contributed by atoms with van der Waals surface area (Å²) in [6.45, 7) is 4.93. The second kappa shape index (κ2) is 62.1. The Morgan fingerprint density at radius 3 is 0.944 bits per heavy atom. The predicted octanol–water partition coefficient (Wildman–Crippen LogP) is 20.8. The zero-order chi connectivity index (χ0) is 52.2. The molecule has 0 aliphatic carbocycles. The summed E-state index contributed by atoms with van der Waals surface area (Å²) in [7, 11) is 0. The molecule has 0 saturated heterocycles. The smallest absolute Gasteiger partial charge is 0.305 e. The highest BCUT2D eigenvalue weighted by Crippen LogP contribution is 2.19. The highest BCUT2D eigenvalue weighted by Gasteiger charge is 2.18. The normalized spacial score (nSPS) is 12.6. The van der Waals surface area contributed by atoms with E-state index in [0.717, 1.165) is 38.5 Å². The summed E-state index contributed by atoms with van der Waals surface area (Å²) in [5.41, 5.74) is 0. The summed E-state index contributed by atoms with van der Waals surface area (Å²) < 4.78 is 5.51. The largest absolute Gasteiger partial charge is 0.466 e. The second-order valence-electron chi connectivity index (χ2n) is 22.8. The lowest BCUT2D eigenvalue weighted by molar-refractivity contribution is -0.143. The maximum atomic E-state index is 12.4. The van der Waals surface area contributed by atoms with E-state index in [1.807, 2.05) is 6.08 Å². The molecule has 0 saturated carbocycles. The van der Waals surface area contributed by atoms with Crippen LogP contribution >= 0.6 is 0 Å². The SMILES string of the molecule is CCCCCCCCCCCC/C=C/C(O)C(CO)NC(=O)CCCCCCCCCCCCCCCCCCCCCCCCCCCOC(=O)CCCCCCCCCCCCCCCCCCCC. The van der Waals surface area contributed by atoms with Crippen molar-refractivity contribution in [2.45, 2.75) is 386 Å². The molecule has 0 heterocycles. The van der Waals surface area contributed by atoms with Crippen molar-refractivity contribution in [2.24, 2.45) is 0 Å². The minimum absolute atomic E-state index is 0.0210. The van der Waals surface area contributed by atoms with Gasteiger partial charge in [-0.05, 0) is 32.1 Å². The van der Waals surface area contributed by atoms with Crippen molar-refractivity contribution in [3.05, 3.63) is 12.2 Å². The van der Waals surface area contributed by atoms with Gasteiger partial charge in [-0.3, -0.25) is 9.59 Å². The third-order valence-electron chi connectivity index (χ3n) is 15.6. The topological polar surface area (TPSA) is 95.9 Å². The summed E-state index contributed by atoms with van der Waals surface area (Å²) in [6, 6.07) is -0.624. The van der Waals surface area contributed by atoms with Crippen molar-refractivity contribution in [3.8, 4) is 0 Å². The van der Waals surface area contributed by atoms with E-state index in [1.165, 1.54) is 308 Å². The fourth-order valence-corrected chi connectivity index (χ4v) is 10.5. The van der Waals surface area contributed by atoms with E-state index in [-0.39, 0.29) is 18.5 Å². The van der Waals surface area contributed by atoms with Gasteiger partial charge in [0, 0.05) is 12.8 Å². The first-order valence-electron chi connectivity index (χ1n) is 33.0. The third kappa shape index (κ3) is 57.9. The molecule has 1 amide bonds. The van der Waals surface area contributed by atoms with Crippen LogP contribution in [0.5, 0.6) is 0 Å². The lowest BCUT2D eigenvalue weighted by Gasteiger charge is -2.20. The Morgan fingerprint density at radius 1 is 0.375 bits per heavy atom. The van der Waals surface area contributed by atoms with Gasteiger partial charge in [0.05, 0.1) is 25.4 Å². The summed E-state index contributed by atoms with van der Waals surface area (Å²) in [4.78, 5) is 24.5. The molecule has 0 aromatic carbocycles. The minimum atomic E-state index is -0.841. The maximum Gasteiger partial charge on any atom is 0.305 e. The Morgan fingerprint density at radius 2 is 0.639 bits per heavy atom. The molecular formula is C66H129NO5. The molecule has 0 radical (unpaired) electrons. The van der Waals surface area contributed by atoms with E-state index < -0.39 is 12.1 Å². The number of rotatable bonds is 62. The van der Waals surface area contributed by atoms with Crippen molar-refractivity contribution < 1.29 is 24.5 Å². The Kier molecular flexibility index (Phi) is 60.9. The van der Waals surface area contributed by atoms with Gasteiger partial charge in [-0.25, -0.2) is 0 Å². The van der Waals surface area contributed by atoms with Gasteiger partial charge in [0.2, 0.25) is 5.91 Å². The third-order valence-corrected chi connectivity index (χ3v) is 15.6. The highest BCUT2D eigenvalue weighted by atomic mass is 16.5. The molecule has 0 aliphatic heterocycles. The van der Waals surface area contributed by atoms with Gasteiger partial charge < -0.3 is 20.3 Å². The number of esters is 1. The number of carbonyl (C=O) groups is 2. The quantitative estimate of drug-likeness (QED) is 0.0320. The van der Waals surface area contributed by atoms with Crippen molar-refractivity contribution >= 4 is 11.9 Å². The zero-order valence-corrected chi connectivity index (χ0v) is 48.9. The molecule has 0 aliphatic rings. The lowest BCUT2D eigenvalue weighted by Crippen LogP contribution is -2.45. The lowest BCUT2D eigenvalue weighted by atomic mass is 10.0. The van der Waals surface area contributed by atoms with Crippen LogP contribution in [0.3, 0.4) is 0 Å². The van der Waals surface area contributed by atoms with Crippen LogP contribution in [0.4, 0.5) is 0 Å². The molecule has 2 unspecified atom stereocenters. The van der Waals surface area contributed by atoms with E-state index in [2.05, 4.69) is 19.2 Å². The Bertz CT molecular complexity index is 1080. The van der Waals surface area contributed by atoms with Crippen LogP contribution in [0.25, 0.3) is 0 Å². The number of nitrogens with one attached hydrogen (secondary N) is 1. The molecule has 0 bridgehead atoms. The van der Waals surface area contributed by atoms with Crippen LogP contribution in [0.15, 0.2) is 12.2 Å². The number of hydrogen-bond acceptors (Lipinski definition) is 5. The van der Waals surface area contributed by atoms with Crippen LogP contribution in [0.1, 0.15) is 373 Å². The van der Waals surface area contributed by atoms with Gasteiger partial charge >= 0.3 is 5.97 Å². The minimum Gasteiger partial charge on any atom is -0.466 e. The van der Waals surface area contributed by atoms with E-state index in [0.29, 0.717) is 19.4 Å². The van der Waals surface area contributed by atoms with Gasteiger partial charge in [0.1, 0.15) is 0 Å². The fourth-order valence-electron chi connectivity index (χ4n) is 10.5. The predicted molar refractivity (Wildman–Crippen MR) is 315 cm³/mol. The van der Waals surface area contributed by atoms with E-state index >= 15 is 0 Å².